The monoisotopic (exact) mass is 233 g/mol. The average molecular weight is 230 g/mol. The molecule has 6 heteroatoms. The van der Waals surface area contributed by atoms with Gasteiger partial charge in [-0.25, -0.2) is 0 Å². The van der Waals surface area contributed by atoms with Crippen molar-refractivity contribution < 1.29 is 49.6 Å². The van der Waals surface area contributed by atoms with E-state index in [1.165, 1.54) is 0 Å². The van der Waals surface area contributed by atoms with Crippen LogP contribution in [0.15, 0.2) is 0 Å². The summed E-state index contributed by atoms with van der Waals surface area (Å²) >= 11 is -1.97. The zero-order chi connectivity index (χ0) is 4.28. The van der Waals surface area contributed by atoms with Crippen LogP contribution in [-0.4, -0.2) is 14.5 Å². The predicted molar refractivity (Wildman–Crippen MR) is 7.53 cm³/mol. The second kappa shape index (κ2) is 6.53. The normalized spacial score (nSPS) is 12.2. The fourth-order valence-electron chi connectivity index (χ4n) is 0. The van der Waals surface area contributed by atoms with Crippen molar-refractivity contribution in [3.63, 3.8) is 0 Å². The third-order valence-corrected chi connectivity index (χ3v) is 1.71. The van der Waals surface area contributed by atoms with Crippen LogP contribution in [-0.2, 0) is 26.5 Å². The van der Waals surface area contributed by atoms with Crippen LogP contribution in [0.1, 0.15) is 0 Å². The molecule has 1 atom stereocenters. The van der Waals surface area contributed by atoms with E-state index in [0.29, 0.717) is 0 Å². The molecule has 0 radical (unpaired) electrons. The van der Waals surface area contributed by atoms with Gasteiger partial charge in [0.25, 0.3) is 0 Å². The summed E-state index contributed by atoms with van der Waals surface area (Å²) < 4.78 is 22.3. The summed E-state index contributed by atoms with van der Waals surface area (Å²) in [5.74, 6) is 0. The van der Waals surface area contributed by atoms with Crippen LogP contribution < -0.4 is 23.0 Å². The van der Waals surface area contributed by atoms with Crippen LogP contribution in [0.25, 0.3) is 0 Å². The molecular formula is LiMoO3Se. The minimum atomic E-state index is -3.04. The third kappa shape index (κ3) is 9.10. The van der Waals surface area contributed by atoms with Gasteiger partial charge in [-0.05, 0) is 0 Å². The van der Waals surface area contributed by atoms with E-state index in [2.05, 4.69) is 2.47 Å². The van der Waals surface area contributed by atoms with Gasteiger partial charge in [-0.1, -0.05) is 0 Å². The fraction of sp³-hybridized carbons (Fsp3) is 0. The van der Waals surface area contributed by atoms with Crippen molar-refractivity contribution in [1.29, 1.82) is 0 Å². The Morgan fingerprint density at radius 2 is 2.00 bits per heavy atom. The summed E-state index contributed by atoms with van der Waals surface area (Å²) in [6.45, 7) is 0. The van der Waals surface area contributed by atoms with Crippen molar-refractivity contribution in [2.45, 2.75) is 0 Å². The Hall–Kier alpha value is 1.53. The van der Waals surface area contributed by atoms with Gasteiger partial charge < -0.3 is 0 Å². The van der Waals surface area contributed by atoms with Crippen molar-refractivity contribution in [3.05, 3.63) is 0 Å². The molecule has 0 N–H and O–H groups in total. The largest absolute Gasteiger partial charge is 1.00 e. The van der Waals surface area contributed by atoms with E-state index in [1.54, 1.807) is 0 Å². The second-order valence-electron chi connectivity index (χ2n) is 0.272. The van der Waals surface area contributed by atoms with E-state index in [0.717, 1.165) is 20.2 Å². The molecule has 1 unspecified atom stereocenters. The van der Waals surface area contributed by atoms with E-state index in [9.17, 15) is 8.02 Å². The Balaban J connectivity index is 0. The Morgan fingerprint density at radius 1 is 1.83 bits per heavy atom. The number of hydrogen-bond donors (Lipinski definition) is 0. The molecule has 0 aromatic heterocycles. The van der Waals surface area contributed by atoms with E-state index in [4.69, 9.17) is 0 Å². The van der Waals surface area contributed by atoms with Crippen molar-refractivity contribution in [1.82, 2.24) is 0 Å². The molecule has 0 saturated carbocycles. The zero-order valence-corrected chi connectivity index (χ0v) is 6.76. The van der Waals surface area contributed by atoms with E-state index >= 15 is 0 Å². The van der Waals surface area contributed by atoms with Crippen LogP contribution >= 0.6 is 0 Å². The van der Waals surface area contributed by atoms with E-state index in [1.807, 2.05) is 0 Å². The molecule has 0 amide bonds. The Kier molecular flexibility index (Phi) is 11.4. The average Bonchev–Trinajstić information content (AvgIpc) is 1.38. The van der Waals surface area contributed by atoms with Gasteiger partial charge in [0.05, 0.1) is 0 Å². The van der Waals surface area contributed by atoms with Crippen LogP contribution in [0.3, 0.4) is 0 Å². The van der Waals surface area contributed by atoms with Gasteiger partial charge >= 0.3 is 64.0 Å². The quantitative estimate of drug-likeness (QED) is 0.425. The predicted octanol–water partition coefficient (Wildman–Crippen LogP) is -4.76. The first kappa shape index (κ1) is 10.5. The summed E-state index contributed by atoms with van der Waals surface area (Å²) in [4.78, 5) is 0. The third-order valence-electron chi connectivity index (χ3n) is 0.0556. The Bertz CT molecular complexity index is 46.1. The Morgan fingerprint density at radius 3 is 2.00 bits per heavy atom. The molecule has 0 bridgehead atoms. The summed E-state index contributed by atoms with van der Waals surface area (Å²) in [5, 5.41) is 0. The molecule has 0 aromatic carbocycles. The minimum absolute atomic E-state index is 0. The van der Waals surface area contributed by atoms with Crippen molar-refractivity contribution in [2.24, 2.45) is 0 Å². The van der Waals surface area contributed by atoms with Gasteiger partial charge in [-0.3, -0.25) is 0 Å². The summed E-state index contributed by atoms with van der Waals surface area (Å²) in [7, 11) is 0. The molecule has 0 spiro atoms. The topological polar surface area (TPSA) is 49.4 Å². The molecule has 0 rings (SSSR count). The first-order chi connectivity index (χ1) is 2.27. The molecule has 0 heterocycles. The number of hydrogen-bond acceptors (Lipinski definition) is 3. The summed E-state index contributed by atoms with van der Waals surface area (Å²) in [5.41, 5.74) is 0. The molecule has 0 saturated heterocycles. The molecule has 0 aliphatic heterocycles. The molecule has 0 aliphatic rings. The summed E-state index contributed by atoms with van der Waals surface area (Å²) in [6.07, 6.45) is 0. The van der Waals surface area contributed by atoms with E-state index in [-0.39, 0.29) is 18.9 Å². The van der Waals surface area contributed by atoms with Gasteiger partial charge in [0.2, 0.25) is 0 Å². The van der Waals surface area contributed by atoms with Crippen molar-refractivity contribution in [3.8, 4) is 0 Å². The van der Waals surface area contributed by atoms with Crippen LogP contribution in [0.2, 0.25) is 0 Å². The first-order valence-electron chi connectivity index (χ1n) is 0.667. The van der Waals surface area contributed by atoms with Crippen LogP contribution in [0.4, 0.5) is 0 Å². The van der Waals surface area contributed by atoms with Gasteiger partial charge in [0.1, 0.15) is 0 Å². The molecule has 0 aromatic rings. The van der Waals surface area contributed by atoms with Crippen molar-refractivity contribution >= 4 is 14.5 Å². The second-order valence-corrected chi connectivity index (χ2v) is 3.15. The minimum Gasteiger partial charge on any atom is 1.00 e. The standard InChI is InChI=1S/Li.Mo.H2O3Se/c;;1-4(2)3/h;;(H2,1,2,3)/q2*+1;/p-2. The van der Waals surface area contributed by atoms with Crippen LogP contribution in [0.5, 0.6) is 0 Å². The van der Waals surface area contributed by atoms with Crippen LogP contribution in [0, 0.1) is 0 Å². The SMILES string of the molecule is O=[Se]([O-])[O][Mo].[Li+]. The smallest absolute Gasteiger partial charge is 1.00 e. The maximum absolute atomic E-state index is 9.25. The van der Waals surface area contributed by atoms with Crippen molar-refractivity contribution in [2.75, 3.05) is 0 Å². The zero-order valence-electron chi connectivity index (χ0n) is 3.04. The molecular weight excluding hydrogens is 230 g/mol. The van der Waals surface area contributed by atoms with Gasteiger partial charge in [0, 0.05) is 0 Å². The Labute approximate surface area is 63.7 Å². The number of rotatable bonds is 1. The van der Waals surface area contributed by atoms with Gasteiger partial charge in [-0.2, -0.15) is 0 Å². The summed E-state index contributed by atoms with van der Waals surface area (Å²) in [6, 6.07) is 0. The molecule has 6 heavy (non-hydrogen) atoms. The fourth-order valence-corrected chi connectivity index (χ4v) is 0. The molecule has 3 nitrogen and oxygen atoms in total. The maximum atomic E-state index is 9.25. The van der Waals surface area contributed by atoms with E-state index < -0.39 is 14.5 Å². The first-order valence-corrected chi connectivity index (χ1v) is 3.58. The molecule has 0 fully saturated rings. The molecule has 0 aliphatic carbocycles. The molecule has 31 valence electrons. The van der Waals surface area contributed by atoms with Gasteiger partial charge in [-0.15, -0.1) is 0 Å². The maximum Gasteiger partial charge on any atom is 1.00 e. The van der Waals surface area contributed by atoms with Gasteiger partial charge in [0.15, 0.2) is 0 Å².